The molecule has 0 fully saturated rings. The molecule has 7 nitrogen and oxygen atoms in total. The lowest BCUT2D eigenvalue weighted by molar-refractivity contribution is -0.143. The highest BCUT2D eigenvalue weighted by atomic mass is 32.2. The summed E-state index contributed by atoms with van der Waals surface area (Å²) in [4.78, 5) is 11.5. The van der Waals surface area contributed by atoms with Gasteiger partial charge in [0, 0.05) is 20.6 Å². The Bertz CT molecular complexity index is 592. The van der Waals surface area contributed by atoms with E-state index >= 15 is 0 Å². The van der Waals surface area contributed by atoms with Crippen molar-refractivity contribution in [2.45, 2.75) is 32.1 Å². The molecule has 0 saturated carbocycles. The van der Waals surface area contributed by atoms with Crippen molar-refractivity contribution in [2.75, 3.05) is 20.2 Å². The van der Waals surface area contributed by atoms with Gasteiger partial charge in [0.2, 0.25) is 10.0 Å². The predicted octanol–water partition coefficient (Wildman–Crippen LogP) is 0.611. The maximum absolute atomic E-state index is 12.5. The van der Waals surface area contributed by atoms with Gasteiger partial charge in [0.15, 0.2) is 0 Å². The predicted molar refractivity (Wildman–Crippen MR) is 73.7 cm³/mol. The van der Waals surface area contributed by atoms with Gasteiger partial charge in [-0.2, -0.15) is 5.10 Å². The van der Waals surface area contributed by atoms with Crippen LogP contribution in [0.1, 0.15) is 24.7 Å². The normalized spacial score (nSPS) is 11.9. The first-order valence-electron chi connectivity index (χ1n) is 6.34. The van der Waals surface area contributed by atoms with E-state index in [1.165, 1.54) is 11.7 Å². The highest BCUT2D eigenvalue weighted by molar-refractivity contribution is 7.89. The Balaban J connectivity index is 2.91. The third kappa shape index (κ3) is 3.37. The number of aryl methyl sites for hydroxylation is 2. The number of hydrogen-bond acceptors (Lipinski definition) is 5. The third-order valence-corrected chi connectivity index (χ3v) is 5.16. The van der Waals surface area contributed by atoms with Crippen LogP contribution in [-0.4, -0.2) is 48.7 Å². The number of nitrogens with zero attached hydrogens (tertiary/aromatic N) is 3. The zero-order valence-electron chi connectivity index (χ0n) is 12.5. The van der Waals surface area contributed by atoms with Crippen molar-refractivity contribution >= 4 is 16.0 Å². The van der Waals surface area contributed by atoms with Crippen LogP contribution in [0.25, 0.3) is 0 Å². The largest absolute Gasteiger partial charge is 0.466 e. The Morgan fingerprint density at radius 2 is 2.00 bits per heavy atom. The lowest BCUT2D eigenvalue weighted by atomic mass is 10.4. The van der Waals surface area contributed by atoms with Crippen LogP contribution in [0.2, 0.25) is 0 Å². The van der Waals surface area contributed by atoms with E-state index in [0.717, 1.165) is 4.31 Å². The van der Waals surface area contributed by atoms with E-state index in [1.54, 1.807) is 27.8 Å². The number of sulfonamides is 1. The molecule has 1 aromatic heterocycles. The molecule has 1 heterocycles. The Kier molecular flexibility index (Phi) is 5.29. The zero-order valence-corrected chi connectivity index (χ0v) is 13.3. The van der Waals surface area contributed by atoms with Crippen LogP contribution in [0.15, 0.2) is 4.90 Å². The van der Waals surface area contributed by atoms with E-state index in [-0.39, 0.29) is 24.5 Å². The fraction of sp³-hybridized carbons (Fsp3) is 0.667. The van der Waals surface area contributed by atoms with Crippen LogP contribution < -0.4 is 0 Å². The highest BCUT2D eigenvalue weighted by Gasteiger charge is 2.28. The first kappa shape index (κ1) is 16.6. The monoisotopic (exact) mass is 303 g/mol. The molecule has 20 heavy (non-hydrogen) atoms. The lowest BCUT2D eigenvalue weighted by Crippen LogP contribution is -2.30. The molecule has 1 aromatic rings. The van der Waals surface area contributed by atoms with E-state index in [4.69, 9.17) is 4.74 Å². The Hall–Kier alpha value is -1.41. The molecule has 0 bridgehead atoms. The lowest BCUT2D eigenvalue weighted by Gasteiger charge is -2.16. The minimum atomic E-state index is -3.65. The first-order valence-corrected chi connectivity index (χ1v) is 7.78. The van der Waals surface area contributed by atoms with Crippen molar-refractivity contribution in [2.24, 2.45) is 7.05 Å². The second kappa shape index (κ2) is 6.36. The van der Waals surface area contributed by atoms with Gasteiger partial charge < -0.3 is 4.74 Å². The van der Waals surface area contributed by atoms with Gasteiger partial charge in [-0.15, -0.1) is 0 Å². The summed E-state index contributed by atoms with van der Waals surface area (Å²) in [5.41, 5.74) is 1.03. The number of esters is 1. The van der Waals surface area contributed by atoms with Gasteiger partial charge in [0.05, 0.1) is 24.4 Å². The molecule has 0 aliphatic carbocycles. The molecule has 0 saturated heterocycles. The van der Waals surface area contributed by atoms with Gasteiger partial charge >= 0.3 is 5.97 Å². The van der Waals surface area contributed by atoms with E-state index in [9.17, 15) is 13.2 Å². The quantitative estimate of drug-likeness (QED) is 0.719. The third-order valence-electron chi connectivity index (χ3n) is 3.05. The fourth-order valence-corrected chi connectivity index (χ4v) is 3.45. The van der Waals surface area contributed by atoms with Crippen LogP contribution in [0.5, 0.6) is 0 Å². The van der Waals surface area contributed by atoms with Gasteiger partial charge in [-0.05, 0) is 20.8 Å². The van der Waals surface area contributed by atoms with Gasteiger partial charge in [-0.1, -0.05) is 0 Å². The smallest absolute Gasteiger partial charge is 0.307 e. The molecule has 8 heteroatoms. The minimum absolute atomic E-state index is 0.0297. The standard InChI is InChI=1S/C12H21N3O4S/c1-6-19-11(16)7-8-14(4)20(17,18)12-9(2)13-15(5)10(12)3/h6-8H2,1-5H3. The Morgan fingerprint density at radius 3 is 2.45 bits per heavy atom. The summed E-state index contributed by atoms with van der Waals surface area (Å²) >= 11 is 0. The van der Waals surface area contributed by atoms with Gasteiger partial charge in [0.1, 0.15) is 4.90 Å². The minimum Gasteiger partial charge on any atom is -0.466 e. The zero-order chi connectivity index (χ0) is 15.5. The van der Waals surface area contributed by atoms with Crippen LogP contribution in [-0.2, 0) is 26.6 Å². The summed E-state index contributed by atoms with van der Waals surface area (Å²) in [5, 5.41) is 4.10. The van der Waals surface area contributed by atoms with E-state index in [2.05, 4.69) is 5.10 Å². The van der Waals surface area contributed by atoms with Crippen molar-refractivity contribution in [3.05, 3.63) is 11.4 Å². The summed E-state index contributed by atoms with van der Waals surface area (Å²) in [6.07, 6.45) is 0.0297. The van der Waals surface area contributed by atoms with E-state index in [0.29, 0.717) is 11.4 Å². The number of carbonyl (C=O) groups excluding carboxylic acids is 1. The Labute approximate surface area is 119 Å². The molecule has 0 spiro atoms. The molecule has 0 aromatic carbocycles. The van der Waals surface area contributed by atoms with Gasteiger partial charge in [-0.25, -0.2) is 12.7 Å². The van der Waals surface area contributed by atoms with Gasteiger partial charge in [0.25, 0.3) is 0 Å². The molecule has 0 amide bonds. The molecule has 0 aliphatic heterocycles. The maximum Gasteiger partial charge on any atom is 0.307 e. The fourth-order valence-electron chi connectivity index (χ4n) is 1.89. The molecule has 0 aliphatic rings. The molecule has 0 N–H and O–H groups in total. The summed E-state index contributed by atoms with van der Waals surface area (Å²) in [5.74, 6) is -0.408. The van der Waals surface area contributed by atoms with Crippen molar-refractivity contribution in [3.63, 3.8) is 0 Å². The summed E-state index contributed by atoms with van der Waals surface area (Å²) in [7, 11) is -0.509. The van der Waals surface area contributed by atoms with Crippen LogP contribution >= 0.6 is 0 Å². The molecule has 1 rings (SSSR count). The average molecular weight is 303 g/mol. The molecular weight excluding hydrogens is 282 g/mol. The number of carbonyl (C=O) groups is 1. The number of aromatic nitrogens is 2. The number of ether oxygens (including phenoxy) is 1. The second-order valence-electron chi connectivity index (χ2n) is 4.51. The van der Waals surface area contributed by atoms with Crippen LogP contribution in [0.4, 0.5) is 0 Å². The number of rotatable bonds is 6. The van der Waals surface area contributed by atoms with E-state index in [1.807, 2.05) is 0 Å². The van der Waals surface area contributed by atoms with E-state index < -0.39 is 16.0 Å². The highest BCUT2D eigenvalue weighted by Crippen LogP contribution is 2.22. The average Bonchev–Trinajstić information content (AvgIpc) is 2.60. The molecule has 0 unspecified atom stereocenters. The van der Waals surface area contributed by atoms with Crippen molar-refractivity contribution in [1.29, 1.82) is 0 Å². The van der Waals surface area contributed by atoms with Crippen molar-refractivity contribution < 1.29 is 17.9 Å². The maximum atomic E-state index is 12.5. The molecule has 0 atom stereocenters. The van der Waals surface area contributed by atoms with Gasteiger partial charge in [-0.3, -0.25) is 9.48 Å². The molecular formula is C12H21N3O4S. The van der Waals surface area contributed by atoms with Crippen LogP contribution in [0, 0.1) is 13.8 Å². The summed E-state index contributed by atoms with van der Waals surface area (Å²) < 4.78 is 32.4. The van der Waals surface area contributed by atoms with Crippen molar-refractivity contribution in [1.82, 2.24) is 14.1 Å². The SMILES string of the molecule is CCOC(=O)CCN(C)S(=O)(=O)c1c(C)nn(C)c1C. The Morgan fingerprint density at radius 1 is 1.40 bits per heavy atom. The summed E-state index contributed by atoms with van der Waals surface area (Å²) in [6.45, 7) is 5.43. The molecule has 0 radical (unpaired) electrons. The topological polar surface area (TPSA) is 81.5 Å². The van der Waals surface area contributed by atoms with Crippen LogP contribution in [0.3, 0.4) is 0 Å². The summed E-state index contributed by atoms with van der Waals surface area (Å²) in [6, 6.07) is 0. The number of hydrogen-bond donors (Lipinski definition) is 0. The molecule has 114 valence electrons. The van der Waals surface area contributed by atoms with Crippen molar-refractivity contribution in [3.8, 4) is 0 Å². The second-order valence-corrected chi connectivity index (χ2v) is 6.49. The first-order chi connectivity index (χ1) is 9.21.